The van der Waals surface area contributed by atoms with E-state index in [1.165, 1.54) is 18.5 Å². The van der Waals surface area contributed by atoms with Crippen LogP contribution in [0.25, 0.3) is 0 Å². The Kier molecular flexibility index (Phi) is 2.92. The summed E-state index contributed by atoms with van der Waals surface area (Å²) >= 11 is 1.12. The second kappa shape index (κ2) is 4.60. The molecular formula is C12H8FN3O2S. The zero-order valence-electron chi connectivity index (χ0n) is 9.50. The maximum atomic E-state index is 13.9. The Bertz CT molecular complexity index is 651. The highest BCUT2D eigenvalue weighted by Crippen LogP contribution is 2.37. The molecule has 2 heterocycles. The summed E-state index contributed by atoms with van der Waals surface area (Å²) in [7, 11) is 0. The third kappa shape index (κ3) is 2.18. The lowest BCUT2D eigenvalue weighted by atomic mass is 10.1. The molecular weight excluding hydrogens is 269 g/mol. The van der Waals surface area contributed by atoms with Crippen molar-refractivity contribution in [2.75, 3.05) is 5.32 Å². The Hall–Kier alpha value is -1.99. The predicted molar refractivity (Wildman–Crippen MR) is 66.1 cm³/mol. The first-order valence-electron chi connectivity index (χ1n) is 5.41. The van der Waals surface area contributed by atoms with E-state index in [-0.39, 0.29) is 5.56 Å². The van der Waals surface area contributed by atoms with Crippen LogP contribution < -0.4 is 5.32 Å². The quantitative estimate of drug-likeness (QED) is 0.818. The molecule has 0 saturated carbocycles. The molecule has 1 amide bonds. The van der Waals surface area contributed by atoms with Crippen LogP contribution in [0.2, 0.25) is 0 Å². The lowest BCUT2D eigenvalue weighted by Crippen LogP contribution is -2.10. The van der Waals surface area contributed by atoms with Crippen molar-refractivity contribution in [2.45, 2.75) is 16.0 Å². The first-order valence-corrected chi connectivity index (χ1v) is 6.23. The van der Waals surface area contributed by atoms with Gasteiger partial charge in [0.25, 0.3) is 5.91 Å². The van der Waals surface area contributed by atoms with Crippen LogP contribution in [0.4, 0.5) is 10.1 Å². The van der Waals surface area contributed by atoms with E-state index in [1.807, 2.05) is 0 Å². The molecule has 1 aromatic carbocycles. The number of carbonyl (C=O) groups excluding carboxylic acids is 1. The van der Waals surface area contributed by atoms with Crippen molar-refractivity contribution >= 4 is 23.4 Å². The first kappa shape index (κ1) is 12.1. The number of fused-ring (bicyclic) bond motifs is 1. The van der Waals surface area contributed by atoms with Crippen molar-refractivity contribution in [3.63, 3.8) is 0 Å². The van der Waals surface area contributed by atoms with Crippen molar-refractivity contribution < 1.29 is 14.3 Å². The molecule has 0 fully saturated rings. The second-order valence-electron chi connectivity index (χ2n) is 3.91. The van der Waals surface area contributed by atoms with Crippen molar-refractivity contribution in [1.29, 1.82) is 0 Å². The average molecular weight is 277 g/mol. The number of aliphatic hydroxyl groups excluding tert-OH is 1. The number of nitrogens with zero attached hydrogens (tertiary/aromatic N) is 2. The number of nitrogens with one attached hydrogen (secondary N) is 1. The van der Waals surface area contributed by atoms with E-state index in [9.17, 15) is 14.3 Å². The van der Waals surface area contributed by atoms with Gasteiger partial charge in [0.1, 0.15) is 17.2 Å². The van der Waals surface area contributed by atoms with E-state index in [0.717, 1.165) is 11.8 Å². The normalized spacial score (nSPS) is 17.2. The van der Waals surface area contributed by atoms with Crippen LogP contribution in [0, 0.1) is 5.82 Å². The maximum absolute atomic E-state index is 13.9. The Morgan fingerprint density at radius 1 is 1.42 bits per heavy atom. The smallest absolute Gasteiger partial charge is 0.257 e. The lowest BCUT2D eigenvalue weighted by molar-refractivity contribution is -0.123. The van der Waals surface area contributed by atoms with Crippen LogP contribution in [0.3, 0.4) is 0 Å². The summed E-state index contributed by atoms with van der Waals surface area (Å²) < 4.78 is 13.9. The molecule has 0 bridgehead atoms. The number of rotatable bonds is 2. The van der Waals surface area contributed by atoms with Crippen molar-refractivity contribution in [2.24, 2.45) is 0 Å². The predicted octanol–water partition coefficient (Wildman–Crippen LogP) is 1.75. The van der Waals surface area contributed by atoms with Gasteiger partial charge in [0.2, 0.25) is 0 Å². The molecule has 19 heavy (non-hydrogen) atoms. The number of hydrogen-bond donors (Lipinski definition) is 2. The minimum Gasteiger partial charge on any atom is -0.378 e. The van der Waals surface area contributed by atoms with Gasteiger partial charge in [0, 0.05) is 17.4 Å². The summed E-state index contributed by atoms with van der Waals surface area (Å²) in [5, 5.41) is 12.6. The fourth-order valence-electron chi connectivity index (χ4n) is 1.78. The monoisotopic (exact) mass is 277 g/mol. The molecule has 1 atom stereocenters. The molecule has 1 aromatic heterocycles. The van der Waals surface area contributed by atoms with Crippen LogP contribution >= 0.6 is 11.8 Å². The number of aliphatic hydroxyl groups is 1. The largest absolute Gasteiger partial charge is 0.378 e. The fraction of sp³-hybridized carbons (Fsp3) is 0.0833. The van der Waals surface area contributed by atoms with Gasteiger partial charge < -0.3 is 10.4 Å². The number of amides is 1. The van der Waals surface area contributed by atoms with Crippen LogP contribution in [-0.2, 0) is 4.79 Å². The molecule has 96 valence electrons. The highest BCUT2D eigenvalue weighted by molar-refractivity contribution is 7.99. The Morgan fingerprint density at radius 3 is 3.00 bits per heavy atom. The highest BCUT2D eigenvalue weighted by Gasteiger charge is 2.30. The van der Waals surface area contributed by atoms with E-state index in [0.29, 0.717) is 15.6 Å². The number of halogens is 1. The van der Waals surface area contributed by atoms with E-state index in [4.69, 9.17) is 0 Å². The van der Waals surface area contributed by atoms with Gasteiger partial charge in [0.15, 0.2) is 6.10 Å². The highest BCUT2D eigenvalue weighted by atomic mass is 32.2. The summed E-state index contributed by atoms with van der Waals surface area (Å²) in [6, 6.07) is 4.32. The molecule has 0 spiro atoms. The number of aromatic nitrogens is 2. The van der Waals surface area contributed by atoms with Gasteiger partial charge in [-0.1, -0.05) is 11.8 Å². The Morgan fingerprint density at radius 2 is 2.26 bits per heavy atom. The fourth-order valence-corrected chi connectivity index (χ4v) is 2.56. The molecule has 1 aliphatic heterocycles. The third-order valence-electron chi connectivity index (χ3n) is 2.67. The molecule has 7 heteroatoms. The van der Waals surface area contributed by atoms with E-state index in [1.54, 1.807) is 12.3 Å². The van der Waals surface area contributed by atoms with Crippen molar-refractivity contribution in [3.05, 3.63) is 42.1 Å². The van der Waals surface area contributed by atoms with E-state index in [2.05, 4.69) is 15.3 Å². The molecule has 1 aliphatic rings. The molecule has 0 saturated heterocycles. The number of hydrogen-bond acceptors (Lipinski definition) is 5. The number of benzene rings is 1. The number of anilines is 1. The molecule has 1 unspecified atom stereocenters. The zero-order chi connectivity index (χ0) is 13.4. The molecule has 0 aliphatic carbocycles. The summed E-state index contributed by atoms with van der Waals surface area (Å²) in [6.45, 7) is 0. The van der Waals surface area contributed by atoms with Gasteiger partial charge >= 0.3 is 0 Å². The standard InChI is InChI=1S/C12H8FN3O2S/c13-7-3-6-8(16-12(18)11(6)17)4-9(7)19-10-1-2-14-5-15-10/h1-5,11,17H,(H,16,18). The van der Waals surface area contributed by atoms with Crippen molar-refractivity contribution in [1.82, 2.24) is 9.97 Å². The summed E-state index contributed by atoms with van der Waals surface area (Å²) in [5.41, 5.74) is 0.685. The minimum absolute atomic E-state index is 0.259. The maximum Gasteiger partial charge on any atom is 0.257 e. The Balaban J connectivity index is 1.97. The van der Waals surface area contributed by atoms with E-state index < -0.39 is 17.8 Å². The van der Waals surface area contributed by atoms with Gasteiger partial charge in [-0.2, -0.15) is 0 Å². The SMILES string of the molecule is O=C1Nc2cc(Sc3ccncn3)c(F)cc2C1O. The summed E-state index contributed by atoms with van der Waals surface area (Å²) in [6.07, 6.45) is 1.63. The van der Waals surface area contributed by atoms with Crippen LogP contribution in [0.15, 0.2) is 40.6 Å². The molecule has 5 nitrogen and oxygen atoms in total. The second-order valence-corrected chi connectivity index (χ2v) is 4.97. The first-order chi connectivity index (χ1) is 9.15. The summed E-state index contributed by atoms with van der Waals surface area (Å²) in [4.78, 5) is 19.4. The Labute approximate surface area is 111 Å². The van der Waals surface area contributed by atoms with Gasteiger partial charge in [-0.3, -0.25) is 4.79 Å². The molecule has 2 N–H and O–H groups in total. The van der Waals surface area contributed by atoms with Gasteiger partial charge in [0.05, 0.1) is 4.90 Å². The van der Waals surface area contributed by atoms with Crippen LogP contribution in [0.5, 0.6) is 0 Å². The zero-order valence-corrected chi connectivity index (χ0v) is 10.3. The third-order valence-corrected chi connectivity index (χ3v) is 3.66. The average Bonchev–Trinajstić information content (AvgIpc) is 2.67. The molecule has 0 radical (unpaired) electrons. The van der Waals surface area contributed by atoms with E-state index >= 15 is 0 Å². The molecule has 2 aromatic rings. The lowest BCUT2D eigenvalue weighted by Gasteiger charge is -2.06. The minimum atomic E-state index is -1.30. The summed E-state index contributed by atoms with van der Waals surface area (Å²) in [5.74, 6) is -1.04. The van der Waals surface area contributed by atoms with Crippen LogP contribution in [0.1, 0.15) is 11.7 Å². The molecule has 3 rings (SSSR count). The topological polar surface area (TPSA) is 75.1 Å². The van der Waals surface area contributed by atoms with Crippen molar-refractivity contribution in [3.8, 4) is 0 Å². The van der Waals surface area contributed by atoms with Crippen LogP contribution in [-0.4, -0.2) is 21.0 Å². The van der Waals surface area contributed by atoms with Gasteiger partial charge in [-0.25, -0.2) is 14.4 Å². The van der Waals surface area contributed by atoms with Gasteiger partial charge in [-0.15, -0.1) is 0 Å². The number of carbonyl (C=O) groups is 1. The van der Waals surface area contributed by atoms with Gasteiger partial charge in [-0.05, 0) is 18.2 Å².